The maximum atomic E-state index is 14.6. The van der Waals surface area contributed by atoms with Crippen LogP contribution in [0.4, 0.5) is 10.5 Å². The van der Waals surface area contributed by atoms with Gasteiger partial charge in [-0.15, -0.1) is 0 Å². The van der Waals surface area contributed by atoms with E-state index in [0.29, 0.717) is 18.7 Å². The van der Waals surface area contributed by atoms with Gasteiger partial charge in [-0.3, -0.25) is 9.59 Å². The molecule has 2 atom stereocenters. The Morgan fingerprint density at radius 2 is 1.59 bits per heavy atom. The molecule has 0 aliphatic rings. The van der Waals surface area contributed by atoms with E-state index in [4.69, 9.17) is 4.74 Å². The van der Waals surface area contributed by atoms with Gasteiger partial charge >= 0.3 is 6.09 Å². The maximum absolute atomic E-state index is 14.6. The van der Waals surface area contributed by atoms with Crippen LogP contribution in [0.1, 0.15) is 96.4 Å². The Labute approximate surface area is 263 Å². The van der Waals surface area contributed by atoms with E-state index in [1.165, 1.54) is 0 Å². The molecule has 2 N–H and O–H groups in total. The molecule has 3 amide bonds. The molecule has 0 saturated carbocycles. The van der Waals surface area contributed by atoms with Gasteiger partial charge in [0, 0.05) is 12.2 Å². The summed E-state index contributed by atoms with van der Waals surface area (Å²) in [7, 11) is 0. The largest absolute Gasteiger partial charge is 0.444 e. The molecule has 44 heavy (non-hydrogen) atoms. The second-order valence-electron chi connectivity index (χ2n) is 13.2. The summed E-state index contributed by atoms with van der Waals surface area (Å²) in [5, 5.41) is 8.06. The van der Waals surface area contributed by atoms with Crippen LogP contribution in [-0.4, -0.2) is 41.0 Å². The molecule has 238 valence electrons. The number of unbranched alkanes of at least 4 members (excludes halogenated alkanes) is 3. The Morgan fingerprint density at radius 1 is 0.886 bits per heavy atom. The molecule has 7 nitrogen and oxygen atoms in total. The monoisotopic (exact) mass is 601 g/mol. The van der Waals surface area contributed by atoms with Crippen LogP contribution in [0.25, 0.3) is 10.8 Å². The third kappa shape index (κ3) is 10.1. The van der Waals surface area contributed by atoms with Gasteiger partial charge in [0.15, 0.2) is 0 Å². The number of hydrogen-bond donors (Lipinski definition) is 2. The molecular weight excluding hydrogens is 550 g/mol. The average molecular weight is 602 g/mol. The highest BCUT2D eigenvalue weighted by Crippen LogP contribution is 2.30. The molecule has 0 fully saturated rings. The van der Waals surface area contributed by atoms with E-state index < -0.39 is 23.8 Å². The number of amides is 3. The number of carbonyl (C=O) groups excluding carboxylic acids is 3. The standard InChI is InChI=1S/C37H51N3O4/c1-9-10-11-14-21-40(35(42)32(22-25(2)3)39-36(43)44-37(6,7)8)33(31-23-26(4)17-18-27(31)5)34(41)38-30-20-19-28-15-12-13-16-29(28)24-30/h12-13,15-20,23-25,32-33H,9-11,14,21-22H2,1-8H3,(H,38,41)(H,39,43). The summed E-state index contributed by atoms with van der Waals surface area (Å²) < 4.78 is 5.53. The normalized spacial score (nSPS) is 12.9. The molecule has 7 heteroatoms. The van der Waals surface area contributed by atoms with Crippen molar-refractivity contribution in [3.63, 3.8) is 0 Å². The predicted molar refractivity (Wildman–Crippen MR) is 180 cm³/mol. The van der Waals surface area contributed by atoms with Gasteiger partial charge in [-0.1, -0.05) is 94.1 Å². The van der Waals surface area contributed by atoms with Crippen molar-refractivity contribution in [2.24, 2.45) is 5.92 Å². The summed E-state index contributed by atoms with van der Waals surface area (Å²) in [6.45, 7) is 15.9. The summed E-state index contributed by atoms with van der Waals surface area (Å²) in [5.41, 5.74) is 2.64. The van der Waals surface area contributed by atoms with Crippen molar-refractivity contribution in [2.45, 2.75) is 105 Å². The highest BCUT2D eigenvalue weighted by atomic mass is 16.6. The predicted octanol–water partition coefficient (Wildman–Crippen LogP) is 8.48. The lowest BCUT2D eigenvalue weighted by Gasteiger charge is -2.35. The fraction of sp³-hybridized carbons (Fsp3) is 0.486. The van der Waals surface area contributed by atoms with Crippen molar-refractivity contribution in [3.05, 3.63) is 77.4 Å². The van der Waals surface area contributed by atoms with Crippen molar-refractivity contribution < 1.29 is 19.1 Å². The molecule has 0 aliphatic heterocycles. The second kappa shape index (κ2) is 15.7. The van der Waals surface area contributed by atoms with E-state index in [9.17, 15) is 14.4 Å². The summed E-state index contributed by atoms with van der Waals surface area (Å²) in [6.07, 6.45) is 3.52. The number of ether oxygens (including phenoxy) is 1. The third-order valence-electron chi connectivity index (χ3n) is 7.54. The first-order chi connectivity index (χ1) is 20.8. The smallest absolute Gasteiger partial charge is 0.408 e. The van der Waals surface area contributed by atoms with Crippen LogP contribution in [0, 0.1) is 19.8 Å². The lowest BCUT2D eigenvalue weighted by molar-refractivity contribution is -0.141. The van der Waals surface area contributed by atoms with E-state index in [-0.39, 0.29) is 17.7 Å². The first-order valence-corrected chi connectivity index (χ1v) is 16.0. The van der Waals surface area contributed by atoms with Gasteiger partial charge in [-0.2, -0.15) is 0 Å². The minimum Gasteiger partial charge on any atom is -0.444 e. The fourth-order valence-corrected chi connectivity index (χ4v) is 5.40. The SMILES string of the molecule is CCCCCCN(C(=O)C(CC(C)C)NC(=O)OC(C)(C)C)C(C(=O)Nc1ccc2ccccc2c1)c1cc(C)ccc1C. The zero-order valence-electron chi connectivity index (χ0n) is 27.8. The highest BCUT2D eigenvalue weighted by molar-refractivity contribution is 6.00. The first kappa shape index (κ1) is 34.6. The molecule has 0 radical (unpaired) electrons. The van der Waals surface area contributed by atoms with Gasteiger partial charge in [0.05, 0.1) is 0 Å². The van der Waals surface area contributed by atoms with Gasteiger partial charge < -0.3 is 20.3 Å². The zero-order chi connectivity index (χ0) is 32.4. The molecule has 0 aliphatic carbocycles. The van der Waals surface area contributed by atoms with Gasteiger partial charge in [0.25, 0.3) is 5.91 Å². The van der Waals surface area contributed by atoms with Crippen molar-refractivity contribution in [3.8, 4) is 0 Å². The highest BCUT2D eigenvalue weighted by Gasteiger charge is 2.37. The van der Waals surface area contributed by atoms with Gasteiger partial charge in [0.1, 0.15) is 17.7 Å². The van der Waals surface area contributed by atoms with E-state index in [0.717, 1.165) is 53.1 Å². The molecule has 0 saturated heterocycles. The summed E-state index contributed by atoms with van der Waals surface area (Å²) >= 11 is 0. The van der Waals surface area contributed by atoms with E-state index >= 15 is 0 Å². The maximum Gasteiger partial charge on any atom is 0.408 e. The van der Waals surface area contributed by atoms with Crippen LogP contribution in [0.3, 0.4) is 0 Å². The second-order valence-corrected chi connectivity index (χ2v) is 13.2. The van der Waals surface area contributed by atoms with Gasteiger partial charge in [-0.25, -0.2) is 4.79 Å². The van der Waals surface area contributed by atoms with Crippen LogP contribution in [0.5, 0.6) is 0 Å². The Bertz CT molecular complexity index is 1430. The number of anilines is 1. The zero-order valence-corrected chi connectivity index (χ0v) is 27.8. The van der Waals surface area contributed by atoms with E-state index in [1.54, 1.807) is 25.7 Å². The Balaban J connectivity index is 2.08. The Morgan fingerprint density at radius 3 is 2.25 bits per heavy atom. The van der Waals surface area contributed by atoms with Gasteiger partial charge in [0.2, 0.25) is 5.91 Å². The van der Waals surface area contributed by atoms with Gasteiger partial charge in [-0.05, 0) is 87.4 Å². The molecule has 3 rings (SSSR count). The number of benzene rings is 3. The van der Waals surface area contributed by atoms with Crippen LogP contribution < -0.4 is 10.6 Å². The van der Waals surface area contributed by atoms with Crippen LogP contribution in [-0.2, 0) is 14.3 Å². The minimum absolute atomic E-state index is 0.117. The number of nitrogens with one attached hydrogen (secondary N) is 2. The number of carbonyl (C=O) groups is 3. The number of fused-ring (bicyclic) bond motifs is 1. The van der Waals surface area contributed by atoms with Crippen LogP contribution in [0.2, 0.25) is 0 Å². The number of hydrogen-bond acceptors (Lipinski definition) is 4. The van der Waals surface area contributed by atoms with Crippen molar-refractivity contribution in [1.29, 1.82) is 0 Å². The van der Waals surface area contributed by atoms with E-state index in [1.807, 2.05) is 88.4 Å². The summed E-state index contributed by atoms with van der Waals surface area (Å²) in [6, 6.07) is 18.1. The Hall–Kier alpha value is -3.87. The minimum atomic E-state index is -0.898. The molecule has 0 bridgehead atoms. The lowest BCUT2D eigenvalue weighted by atomic mass is 9.94. The van der Waals surface area contributed by atoms with Crippen molar-refractivity contribution >= 4 is 34.4 Å². The molecule has 0 aromatic heterocycles. The molecule has 0 spiro atoms. The van der Waals surface area contributed by atoms with Crippen LogP contribution in [0.15, 0.2) is 60.7 Å². The summed E-state index contributed by atoms with van der Waals surface area (Å²) in [4.78, 5) is 43.5. The number of nitrogens with zero attached hydrogens (tertiary/aromatic N) is 1. The molecule has 2 unspecified atom stereocenters. The number of alkyl carbamates (subject to hydrolysis) is 1. The third-order valence-corrected chi connectivity index (χ3v) is 7.54. The fourth-order valence-electron chi connectivity index (χ4n) is 5.40. The Kier molecular flexibility index (Phi) is 12.4. The van der Waals surface area contributed by atoms with E-state index in [2.05, 4.69) is 17.6 Å². The molecule has 3 aromatic rings. The quantitative estimate of drug-likeness (QED) is 0.192. The topological polar surface area (TPSA) is 87.7 Å². The number of aryl methyl sites for hydroxylation is 2. The molecular formula is C37H51N3O4. The lowest BCUT2D eigenvalue weighted by Crippen LogP contribution is -2.53. The van der Waals surface area contributed by atoms with Crippen LogP contribution >= 0.6 is 0 Å². The van der Waals surface area contributed by atoms with Crippen molar-refractivity contribution in [1.82, 2.24) is 10.2 Å². The first-order valence-electron chi connectivity index (χ1n) is 16.0. The van der Waals surface area contributed by atoms with Crippen molar-refractivity contribution in [2.75, 3.05) is 11.9 Å². The summed E-state index contributed by atoms with van der Waals surface area (Å²) in [5.74, 6) is -0.467. The molecule has 3 aromatic carbocycles. The number of rotatable bonds is 13. The average Bonchev–Trinajstić information content (AvgIpc) is 2.94. The molecule has 0 heterocycles.